The van der Waals surface area contributed by atoms with Crippen LogP contribution in [0.15, 0.2) is 24.3 Å². The zero-order chi connectivity index (χ0) is 16.2. The van der Waals surface area contributed by atoms with Crippen molar-refractivity contribution in [1.29, 1.82) is 0 Å². The molecule has 2 atom stereocenters. The minimum absolute atomic E-state index is 0.0234. The van der Waals surface area contributed by atoms with E-state index in [9.17, 15) is 14.9 Å². The van der Waals surface area contributed by atoms with Crippen molar-refractivity contribution in [3.8, 4) is 0 Å². The van der Waals surface area contributed by atoms with E-state index in [-0.39, 0.29) is 11.6 Å². The number of morpholine rings is 1. The van der Waals surface area contributed by atoms with Gasteiger partial charge in [0, 0.05) is 43.4 Å². The van der Waals surface area contributed by atoms with Crippen LogP contribution in [0, 0.1) is 10.1 Å². The lowest BCUT2D eigenvalue weighted by atomic mass is 10.1. The molecule has 3 rings (SSSR count). The summed E-state index contributed by atoms with van der Waals surface area (Å²) in [6.07, 6.45) is 4.14. The van der Waals surface area contributed by atoms with Crippen molar-refractivity contribution < 1.29 is 14.5 Å². The average Bonchev–Trinajstić information content (AvgIpc) is 3.02. The van der Waals surface area contributed by atoms with Crippen LogP contribution in [0.3, 0.4) is 0 Å². The molecule has 2 aliphatic rings. The third kappa shape index (κ3) is 3.86. The zero-order valence-corrected chi connectivity index (χ0v) is 12.9. The number of carbonyl (C=O) groups excluding carboxylic acids is 1. The summed E-state index contributed by atoms with van der Waals surface area (Å²) in [6.45, 7) is 2.30. The lowest BCUT2D eigenvalue weighted by Crippen LogP contribution is -2.49. The molecule has 1 saturated carbocycles. The van der Waals surface area contributed by atoms with Gasteiger partial charge in [0.15, 0.2) is 0 Å². The lowest BCUT2D eigenvalue weighted by molar-refractivity contribution is -0.384. The van der Waals surface area contributed by atoms with E-state index in [0.717, 1.165) is 26.0 Å². The van der Waals surface area contributed by atoms with Gasteiger partial charge < -0.3 is 10.1 Å². The van der Waals surface area contributed by atoms with Gasteiger partial charge in [0.25, 0.3) is 5.69 Å². The van der Waals surface area contributed by atoms with Gasteiger partial charge in [0.05, 0.1) is 17.6 Å². The van der Waals surface area contributed by atoms with Crippen LogP contribution in [-0.2, 0) is 9.53 Å². The summed E-state index contributed by atoms with van der Waals surface area (Å²) in [5, 5.41) is 13.5. The molecular formula is C16H21N3O4. The number of non-ortho nitro benzene ring substituents is 1. The van der Waals surface area contributed by atoms with Crippen LogP contribution in [0.25, 0.3) is 0 Å². The molecule has 1 aliphatic carbocycles. The Morgan fingerprint density at radius 1 is 1.43 bits per heavy atom. The van der Waals surface area contributed by atoms with E-state index in [1.807, 2.05) is 0 Å². The summed E-state index contributed by atoms with van der Waals surface area (Å²) in [5.74, 6) is -0.119. The highest BCUT2D eigenvalue weighted by Crippen LogP contribution is 2.29. The van der Waals surface area contributed by atoms with Gasteiger partial charge in [-0.1, -0.05) is 6.07 Å². The number of fused-ring (bicyclic) bond motifs is 1. The SMILES string of the molecule is O=C(CCN1CCO[C@H]2CCC[C@H]21)Nc1cccc([N+](=O)[O-])c1. The van der Waals surface area contributed by atoms with Gasteiger partial charge in [-0.2, -0.15) is 0 Å². The van der Waals surface area contributed by atoms with E-state index >= 15 is 0 Å². The summed E-state index contributed by atoms with van der Waals surface area (Å²) < 4.78 is 5.76. The third-order valence-corrected chi connectivity index (χ3v) is 4.56. The van der Waals surface area contributed by atoms with Crippen molar-refractivity contribution in [2.75, 3.05) is 25.0 Å². The van der Waals surface area contributed by atoms with E-state index in [1.165, 1.54) is 18.6 Å². The first-order valence-corrected chi connectivity index (χ1v) is 8.03. The second-order valence-corrected chi connectivity index (χ2v) is 6.05. The molecule has 1 aromatic carbocycles. The number of nitrogens with one attached hydrogen (secondary N) is 1. The molecule has 1 amide bonds. The number of nitrogens with zero attached hydrogens (tertiary/aromatic N) is 2. The van der Waals surface area contributed by atoms with Crippen LogP contribution in [-0.4, -0.2) is 47.6 Å². The molecule has 1 aromatic rings. The molecule has 0 bridgehead atoms. The fraction of sp³-hybridized carbons (Fsp3) is 0.562. The van der Waals surface area contributed by atoms with Crippen LogP contribution in [0.2, 0.25) is 0 Å². The van der Waals surface area contributed by atoms with Crippen molar-refractivity contribution in [2.45, 2.75) is 37.8 Å². The predicted octanol–water partition coefficient (Wildman–Crippen LogP) is 2.18. The summed E-state index contributed by atoms with van der Waals surface area (Å²) in [7, 11) is 0. The number of hydrogen-bond acceptors (Lipinski definition) is 5. The quantitative estimate of drug-likeness (QED) is 0.664. The first kappa shape index (κ1) is 15.9. The number of rotatable bonds is 5. The Morgan fingerprint density at radius 2 is 2.30 bits per heavy atom. The number of amides is 1. The number of nitro groups is 1. The van der Waals surface area contributed by atoms with Crippen LogP contribution in [0.4, 0.5) is 11.4 Å². The Hall–Kier alpha value is -1.99. The molecule has 2 fully saturated rings. The summed E-state index contributed by atoms with van der Waals surface area (Å²) >= 11 is 0. The maximum atomic E-state index is 12.1. The minimum atomic E-state index is -0.469. The highest BCUT2D eigenvalue weighted by molar-refractivity contribution is 5.91. The van der Waals surface area contributed by atoms with Gasteiger partial charge in [-0.05, 0) is 25.3 Å². The molecule has 1 saturated heterocycles. The van der Waals surface area contributed by atoms with Gasteiger partial charge in [0.1, 0.15) is 0 Å². The van der Waals surface area contributed by atoms with Gasteiger partial charge in [-0.3, -0.25) is 19.8 Å². The highest BCUT2D eigenvalue weighted by atomic mass is 16.6. The topological polar surface area (TPSA) is 84.7 Å². The van der Waals surface area contributed by atoms with Gasteiger partial charge in [0.2, 0.25) is 5.91 Å². The largest absolute Gasteiger partial charge is 0.375 e. The molecule has 23 heavy (non-hydrogen) atoms. The molecule has 124 valence electrons. The Bertz CT molecular complexity index is 592. The summed E-state index contributed by atoms with van der Waals surface area (Å²) in [5.41, 5.74) is 0.440. The molecule has 0 aromatic heterocycles. The zero-order valence-electron chi connectivity index (χ0n) is 12.9. The Morgan fingerprint density at radius 3 is 3.13 bits per heavy atom. The Labute approximate surface area is 134 Å². The van der Waals surface area contributed by atoms with E-state index in [1.54, 1.807) is 12.1 Å². The molecule has 7 nitrogen and oxygen atoms in total. The molecular weight excluding hydrogens is 298 g/mol. The smallest absolute Gasteiger partial charge is 0.271 e. The van der Waals surface area contributed by atoms with Crippen molar-refractivity contribution in [3.05, 3.63) is 34.4 Å². The Kier molecular flexibility index (Phi) is 4.88. The standard InChI is InChI=1S/C16H21N3O4/c20-16(17-12-3-1-4-13(11-12)19(21)22)7-8-18-9-10-23-15-6-2-5-14(15)18/h1,3-4,11,14-15H,2,5-10H2,(H,17,20)/t14-,15+/m1/s1. The average molecular weight is 319 g/mol. The first-order chi connectivity index (χ1) is 11.1. The number of anilines is 1. The summed E-state index contributed by atoms with van der Waals surface area (Å²) in [4.78, 5) is 24.7. The number of carbonyl (C=O) groups is 1. The third-order valence-electron chi connectivity index (χ3n) is 4.56. The number of hydrogen-bond donors (Lipinski definition) is 1. The molecule has 1 N–H and O–H groups in total. The van der Waals surface area contributed by atoms with Crippen LogP contribution >= 0.6 is 0 Å². The molecule has 1 aliphatic heterocycles. The molecule has 0 spiro atoms. The predicted molar refractivity (Wildman–Crippen MR) is 85.3 cm³/mol. The second-order valence-electron chi connectivity index (χ2n) is 6.05. The monoisotopic (exact) mass is 319 g/mol. The maximum Gasteiger partial charge on any atom is 0.271 e. The molecule has 1 heterocycles. The van der Waals surface area contributed by atoms with E-state index in [0.29, 0.717) is 30.8 Å². The van der Waals surface area contributed by atoms with Gasteiger partial charge >= 0.3 is 0 Å². The van der Waals surface area contributed by atoms with Crippen LogP contribution in [0.1, 0.15) is 25.7 Å². The second kappa shape index (κ2) is 7.06. The fourth-order valence-corrected chi connectivity index (χ4v) is 3.45. The Balaban J connectivity index is 1.51. The van der Waals surface area contributed by atoms with E-state index in [4.69, 9.17) is 4.74 Å². The normalized spacial score (nSPS) is 24.2. The molecule has 7 heteroatoms. The van der Waals surface area contributed by atoms with Gasteiger partial charge in [-0.25, -0.2) is 0 Å². The van der Waals surface area contributed by atoms with Crippen LogP contribution < -0.4 is 5.32 Å². The molecule has 0 radical (unpaired) electrons. The number of nitro benzene ring substituents is 1. The van der Waals surface area contributed by atoms with Gasteiger partial charge in [-0.15, -0.1) is 0 Å². The first-order valence-electron chi connectivity index (χ1n) is 8.03. The number of benzene rings is 1. The highest BCUT2D eigenvalue weighted by Gasteiger charge is 2.35. The summed E-state index contributed by atoms with van der Waals surface area (Å²) in [6, 6.07) is 6.45. The van der Waals surface area contributed by atoms with Crippen molar-refractivity contribution in [3.63, 3.8) is 0 Å². The van der Waals surface area contributed by atoms with Crippen molar-refractivity contribution >= 4 is 17.3 Å². The van der Waals surface area contributed by atoms with Crippen molar-refractivity contribution in [2.24, 2.45) is 0 Å². The maximum absolute atomic E-state index is 12.1. The van der Waals surface area contributed by atoms with Crippen LogP contribution in [0.5, 0.6) is 0 Å². The fourth-order valence-electron chi connectivity index (χ4n) is 3.45. The minimum Gasteiger partial charge on any atom is -0.375 e. The van der Waals surface area contributed by atoms with E-state index in [2.05, 4.69) is 10.2 Å². The molecule has 0 unspecified atom stereocenters. The lowest BCUT2D eigenvalue weighted by Gasteiger charge is -2.37. The number of ether oxygens (including phenoxy) is 1. The van der Waals surface area contributed by atoms with Crippen molar-refractivity contribution in [1.82, 2.24) is 4.90 Å². The van der Waals surface area contributed by atoms with E-state index < -0.39 is 4.92 Å².